The first-order valence-corrected chi connectivity index (χ1v) is 4.03. The van der Waals surface area contributed by atoms with Crippen LogP contribution in [0.4, 0.5) is 9.18 Å². The average molecular weight is 189 g/mol. The summed E-state index contributed by atoms with van der Waals surface area (Å²) in [5, 5.41) is 8.57. The molecule has 0 bridgehead atoms. The number of likely N-dealkylation sites (tertiary alicyclic amines) is 1. The molecule has 1 heterocycles. The van der Waals surface area contributed by atoms with Crippen LogP contribution >= 0.6 is 0 Å². The van der Waals surface area contributed by atoms with E-state index in [9.17, 15) is 9.18 Å². The molecule has 74 valence electrons. The number of alkyl halides is 1. The Bertz CT molecular complexity index is 210. The Morgan fingerprint density at radius 2 is 2.46 bits per heavy atom. The Hall–Kier alpha value is -1.26. The Morgan fingerprint density at radius 3 is 2.92 bits per heavy atom. The topological polar surface area (TPSA) is 49.8 Å². The smallest absolute Gasteiger partial charge is 0.407 e. The summed E-state index contributed by atoms with van der Waals surface area (Å²) in [5.74, 6) is 0. The second-order valence-corrected chi connectivity index (χ2v) is 2.87. The molecule has 4 nitrogen and oxygen atoms in total. The van der Waals surface area contributed by atoms with Crippen LogP contribution in [0.3, 0.4) is 0 Å². The van der Waals surface area contributed by atoms with Crippen molar-refractivity contribution in [3.63, 3.8) is 0 Å². The summed E-state index contributed by atoms with van der Waals surface area (Å²) in [6.45, 7) is 3.52. The number of ether oxygens (including phenoxy) is 1. The lowest BCUT2D eigenvalue weighted by Gasteiger charge is -2.32. The van der Waals surface area contributed by atoms with Gasteiger partial charge in [-0.25, -0.2) is 9.18 Å². The van der Waals surface area contributed by atoms with Gasteiger partial charge in [-0.2, -0.15) is 0 Å². The molecule has 0 aliphatic carbocycles. The Kier molecular flexibility index (Phi) is 3.11. The zero-order valence-corrected chi connectivity index (χ0v) is 7.15. The van der Waals surface area contributed by atoms with Gasteiger partial charge in [0.05, 0.1) is 12.8 Å². The summed E-state index contributed by atoms with van der Waals surface area (Å²) in [4.78, 5) is 11.5. The molecule has 0 aromatic heterocycles. The second-order valence-electron chi connectivity index (χ2n) is 2.87. The van der Waals surface area contributed by atoms with Crippen molar-refractivity contribution in [3.8, 4) is 0 Å². The maximum absolute atomic E-state index is 13.2. The quantitative estimate of drug-likeness (QED) is 0.665. The minimum Gasteiger partial charge on any atom is -0.495 e. The van der Waals surface area contributed by atoms with Gasteiger partial charge in [-0.1, -0.05) is 6.58 Å². The van der Waals surface area contributed by atoms with Crippen LogP contribution in [0, 0.1) is 0 Å². The van der Waals surface area contributed by atoms with Crippen molar-refractivity contribution in [2.75, 3.05) is 13.1 Å². The van der Waals surface area contributed by atoms with Crippen molar-refractivity contribution in [2.45, 2.75) is 18.7 Å². The Labute approximate surface area is 75.6 Å². The number of rotatable bonds is 2. The molecule has 1 N–H and O–H groups in total. The number of amides is 1. The Balaban J connectivity index is 2.46. The normalized spacial score (nSPS) is 28.2. The van der Waals surface area contributed by atoms with Crippen molar-refractivity contribution < 1.29 is 19.0 Å². The highest BCUT2D eigenvalue weighted by Gasteiger charge is 2.31. The van der Waals surface area contributed by atoms with Crippen LogP contribution in [0.2, 0.25) is 0 Å². The number of piperidine rings is 1. The van der Waals surface area contributed by atoms with Crippen LogP contribution in [0.25, 0.3) is 0 Å². The molecular formula is C8H12FNO3. The fourth-order valence-electron chi connectivity index (χ4n) is 1.33. The molecule has 2 atom stereocenters. The molecule has 1 aliphatic rings. The third-order valence-corrected chi connectivity index (χ3v) is 2.02. The molecule has 0 aromatic rings. The number of hydrogen-bond donors (Lipinski definition) is 1. The van der Waals surface area contributed by atoms with Gasteiger partial charge in [0.25, 0.3) is 0 Å². The third kappa shape index (κ3) is 2.34. The van der Waals surface area contributed by atoms with Gasteiger partial charge in [0, 0.05) is 13.0 Å². The van der Waals surface area contributed by atoms with Crippen LogP contribution in [-0.2, 0) is 4.74 Å². The van der Waals surface area contributed by atoms with Gasteiger partial charge in [-0.15, -0.1) is 0 Å². The van der Waals surface area contributed by atoms with Crippen molar-refractivity contribution in [2.24, 2.45) is 0 Å². The van der Waals surface area contributed by atoms with E-state index >= 15 is 0 Å². The molecule has 1 saturated heterocycles. The van der Waals surface area contributed by atoms with Crippen LogP contribution in [0.1, 0.15) is 6.42 Å². The number of nitrogens with zero attached hydrogens (tertiary/aromatic N) is 1. The van der Waals surface area contributed by atoms with Crippen LogP contribution in [-0.4, -0.2) is 41.5 Å². The predicted octanol–water partition coefficient (Wildman–Crippen LogP) is 1.24. The summed E-state index contributed by atoms with van der Waals surface area (Å²) in [5.41, 5.74) is 0. The van der Waals surface area contributed by atoms with Gasteiger partial charge in [-0.3, -0.25) is 0 Å². The first-order chi connectivity index (χ1) is 6.15. The first kappa shape index (κ1) is 9.83. The molecule has 1 rings (SSSR count). The van der Waals surface area contributed by atoms with E-state index in [0.29, 0.717) is 13.0 Å². The van der Waals surface area contributed by atoms with Gasteiger partial charge in [-0.05, 0) is 0 Å². The van der Waals surface area contributed by atoms with Gasteiger partial charge < -0.3 is 14.7 Å². The van der Waals surface area contributed by atoms with Crippen LogP contribution in [0.5, 0.6) is 0 Å². The number of halogens is 1. The molecule has 1 aliphatic heterocycles. The maximum Gasteiger partial charge on any atom is 0.407 e. The number of carbonyl (C=O) groups is 1. The van der Waals surface area contributed by atoms with Crippen molar-refractivity contribution >= 4 is 6.09 Å². The summed E-state index contributed by atoms with van der Waals surface area (Å²) < 4.78 is 18.1. The van der Waals surface area contributed by atoms with E-state index in [0.717, 1.165) is 4.90 Å². The molecule has 0 saturated carbocycles. The van der Waals surface area contributed by atoms with E-state index in [1.165, 1.54) is 6.26 Å². The van der Waals surface area contributed by atoms with E-state index in [-0.39, 0.29) is 6.54 Å². The maximum atomic E-state index is 13.2. The Morgan fingerprint density at radius 1 is 1.77 bits per heavy atom. The average Bonchev–Trinajstić information content (AvgIpc) is 2.08. The lowest BCUT2D eigenvalue weighted by molar-refractivity contribution is 0.00147. The standard InChI is InChI=1S/C8H12FNO3/c1-2-13-7-3-4-10(8(11)12)5-6(7)9/h2,6-7H,1,3-5H2,(H,11,12)/t6-,7+/m1/s1. The lowest BCUT2D eigenvalue weighted by Crippen LogP contribution is -2.47. The van der Waals surface area contributed by atoms with Gasteiger partial charge in [0.2, 0.25) is 0 Å². The highest BCUT2D eigenvalue weighted by atomic mass is 19.1. The van der Waals surface area contributed by atoms with E-state index in [4.69, 9.17) is 9.84 Å². The van der Waals surface area contributed by atoms with Gasteiger partial charge in [0.15, 0.2) is 6.17 Å². The summed E-state index contributed by atoms with van der Waals surface area (Å²) >= 11 is 0. The summed E-state index contributed by atoms with van der Waals surface area (Å²) in [7, 11) is 0. The zero-order chi connectivity index (χ0) is 9.84. The molecule has 0 aromatic carbocycles. The monoisotopic (exact) mass is 189 g/mol. The van der Waals surface area contributed by atoms with Crippen LogP contribution < -0.4 is 0 Å². The molecular weight excluding hydrogens is 177 g/mol. The predicted molar refractivity (Wildman–Crippen MR) is 44.2 cm³/mol. The highest BCUT2D eigenvalue weighted by molar-refractivity contribution is 5.65. The molecule has 0 unspecified atom stereocenters. The minimum absolute atomic E-state index is 0.117. The van der Waals surface area contributed by atoms with Crippen molar-refractivity contribution in [3.05, 3.63) is 12.8 Å². The van der Waals surface area contributed by atoms with E-state index in [2.05, 4.69) is 6.58 Å². The van der Waals surface area contributed by atoms with Crippen molar-refractivity contribution in [1.82, 2.24) is 4.90 Å². The molecule has 5 heteroatoms. The first-order valence-electron chi connectivity index (χ1n) is 4.03. The fourth-order valence-corrected chi connectivity index (χ4v) is 1.33. The molecule has 0 spiro atoms. The SMILES string of the molecule is C=CO[C@H]1CCN(C(=O)O)C[C@H]1F. The largest absolute Gasteiger partial charge is 0.495 e. The molecule has 13 heavy (non-hydrogen) atoms. The summed E-state index contributed by atoms with van der Waals surface area (Å²) in [6.07, 6.45) is -1.33. The zero-order valence-electron chi connectivity index (χ0n) is 7.15. The molecule has 0 radical (unpaired) electrons. The fraction of sp³-hybridized carbons (Fsp3) is 0.625. The highest BCUT2D eigenvalue weighted by Crippen LogP contribution is 2.17. The van der Waals surface area contributed by atoms with Crippen molar-refractivity contribution in [1.29, 1.82) is 0 Å². The van der Waals surface area contributed by atoms with Gasteiger partial charge in [0.1, 0.15) is 6.10 Å². The molecule has 1 amide bonds. The minimum atomic E-state index is -1.26. The molecule has 1 fully saturated rings. The number of hydrogen-bond acceptors (Lipinski definition) is 2. The lowest BCUT2D eigenvalue weighted by atomic mass is 10.1. The number of carboxylic acid groups (broad SMARTS) is 1. The second kappa shape index (κ2) is 4.11. The van der Waals surface area contributed by atoms with E-state index in [1.54, 1.807) is 0 Å². The third-order valence-electron chi connectivity index (χ3n) is 2.02. The van der Waals surface area contributed by atoms with Gasteiger partial charge >= 0.3 is 6.09 Å². The van der Waals surface area contributed by atoms with Crippen LogP contribution in [0.15, 0.2) is 12.8 Å². The summed E-state index contributed by atoms with van der Waals surface area (Å²) in [6, 6.07) is 0. The van der Waals surface area contributed by atoms with E-state index < -0.39 is 18.4 Å². The van der Waals surface area contributed by atoms with E-state index in [1.807, 2.05) is 0 Å².